The molecule has 0 heterocycles. The molecule has 0 fully saturated rings. The zero-order valence-electron chi connectivity index (χ0n) is 29.9. The zero-order valence-corrected chi connectivity index (χ0v) is 29.9. The Morgan fingerprint density at radius 2 is 0.778 bits per heavy atom. The van der Waals surface area contributed by atoms with E-state index in [9.17, 15) is 19.8 Å². The number of carbonyl (C=O) groups is 2. The second kappa shape index (κ2) is 15.0. The monoisotopic (exact) mass is 626 g/mol. The number of hydrogen-bond donors (Lipinski definition) is 2. The summed E-state index contributed by atoms with van der Waals surface area (Å²) in [5.41, 5.74) is 4.55. The van der Waals surface area contributed by atoms with Crippen LogP contribution >= 0.6 is 0 Å². The van der Waals surface area contributed by atoms with Crippen LogP contribution in [-0.2, 0) is 58.3 Å². The van der Waals surface area contributed by atoms with E-state index in [1.165, 1.54) is 0 Å². The second-order valence-electron chi connectivity index (χ2n) is 16.1. The average molecular weight is 627 g/mol. The lowest BCUT2D eigenvalue weighted by atomic mass is 9.78. The van der Waals surface area contributed by atoms with Gasteiger partial charge in [0, 0.05) is 12.8 Å². The smallest absolute Gasteiger partial charge is 0.306 e. The molecule has 0 saturated heterocycles. The number of esters is 2. The van der Waals surface area contributed by atoms with Crippen LogP contribution in [0.2, 0.25) is 0 Å². The van der Waals surface area contributed by atoms with Crippen LogP contribution in [0.15, 0.2) is 24.3 Å². The zero-order chi connectivity index (χ0) is 34.4. The third kappa shape index (κ3) is 11.7. The normalized spacial score (nSPS) is 12.7. The van der Waals surface area contributed by atoms with Crippen molar-refractivity contribution in [2.45, 2.75) is 130 Å². The molecule has 0 aromatic heterocycles. The Morgan fingerprint density at radius 3 is 1.02 bits per heavy atom. The van der Waals surface area contributed by atoms with Crippen LogP contribution in [0.3, 0.4) is 0 Å². The molecular weight excluding hydrogens is 568 g/mol. The average Bonchev–Trinajstić information content (AvgIpc) is 2.88. The standard InChI is InChI=1S/C38H58O7/c1-35(2,3)27-21-25(22-28(33(27)41)36(4,5)6)13-15-31(39)44-19-17-43-18-20-45-32(40)16-14-26-23-29(37(7,8)9)34(42)30(24-26)38(10,11)12/h21-24,41-42H,13-20H2,1-12H3. The fraction of sp³-hybridized carbons (Fsp3) is 0.632. The second-order valence-corrected chi connectivity index (χ2v) is 16.1. The van der Waals surface area contributed by atoms with Gasteiger partial charge in [-0.05, 0) is 67.9 Å². The third-order valence-electron chi connectivity index (χ3n) is 7.79. The maximum Gasteiger partial charge on any atom is 0.306 e. The van der Waals surface area contributed by atoms with Crippen molar-refractivity contribution in [2.24, 2.45) is 0 Å². The lowest BCUT2D eigenvalue weighted by molar-refractivity contribution is -0.146. The number of ether oxygens (including phenoxy) is 3. The highest BCUT2D eigenvalue weighted by Gasteiger charge is 2.28. The highest BCUT2D eigenvalue weighted by atomic mass is 16.6. The number of hydrogen-bond acceptors (Lipinski definition) is 7. The Hall–Kier alpha value is -3.06. The molecule has 0 aliphatic heterocycles. The van der Waals surface area contributed by atoms with E-state index < -0.39 is 0 Å². The first-order chi connectivity index (χ1) is 20.5. The fourth-order valence-corrected chi connectivity index (χ4v) is 5.13. The number of phenols is 2. The van der Waals surface area contributed by atoms with E-state index in [1.54, 1.807) is 0 Å². The van der Waals surface area contributed by atoms with Crippen LogP contribution in [0.5, 0.6) is 11.5 Å². The number of aromatic hydroxyl groups is 2. The Labute approximate surface area is 271 Å². The van der Waals surface area contributed by atoms with E-state index in [0.29, 0.717) is 24.3 Å². The Kier molecular flexibility index (Phi) is 12.7. The predicted octanol–water partition coefficient (Wildman–Crippen LogP) is 7.96. The van der Waals surface area contributed by atoms with Gasteiger partial charge in [-0.2, -0.15) is 0 Å². The van der Waals surface area contributed by atoms with Crippen molar-refractivity contribution in [1.82, 2.24) is 0 Å². The minimum atomic E-state index is -0.314. The first-order valence-corrected chi connectivity index (χ1v) is 16.1. The largest absolute Gasteiger partial charge is 0.507 e. The van der Waals surface area contributed by atoms with Gasteiger partial charge in [0.25, 0.3) is 0 Å². The summed E-state index contributed by atoms with van der Waals surface area (Å²) in [6.07, 6.45) is 1.48. The molecule has 0 saturated carbocycles. The topological polar surface area (TPSA) is 102 Å². The molecule has 2 aromatic rings. The van der Waals surface area contributed by atoms with Crippen molar-refractivity contribution < 1.29 is 34.0 Å². The summed E-state index contributed by atoms with van der Waals surface area (Å²) >= 11 is 0. The first-order valence-electron chi connectivity index (χ1n) is 16.1. The van der Waals surface area contributed by atoms with E-state index in [1.807, 2.05) is 24.3 Å². The molecule has 7 heteroatoms. The van der Waals surface area contributed by atoms with Gasteiger partial charge < -0.3 is 24.4 Å². The minimum absolute atomic E-state index is 0.121. The summed E-state index contributed by atoms with van der Waals surface area (Å²) in [7, 11) is 0. The highest BCUT2D eigenvalue weighted by molar-refractivity contribution is 5.70. The molecule has 7 nitrogen and oxygen atoms in total. The molecule has 0 spiro atoms. The van der Waals surface area contributed by atoms with Gasteiger partial charge in [-0.3, -0.25) is 9.59 Å². The molecule has 2 aromatic carbocycles. The molecule has 0 atom stereocenters. The Morgan fingerprint density at radius 1 is 0.511 bits per heavy atom. The van der Waals surface area contributed by atoms with Crippen molar-refractivity contribution in [3.63, 3.8) is 0 Å². The number of carbonyl (C=O) groups excluding carboxylic acids is 2. The summed E-state index contributed by atoms with van der Waals surface area (Å²) in [6, 6.07) is 7.94. The lowest BCUT2D eigenvalue weighted by Crippen LogP contribution is -2.18. The molecule has 45 heavy (non-hydrogen) atoms. The number of aryl methyl sites for hydroxylation is 2. The minimum Gasteiger partial charge on any atom is -0.507 e. The molecule has 0 unspecified atom stereocenters. The predicted molar refractivity (Wildman–Crippen MR) is 180 cm³/mol. The summed E-state index contributed by atoms with van der Waals surface area (Å²) in [5.74, 6) is 0.0223. The summed E-state index contributed by atoms with van der Waals surface area (Å²) in [4.78, 5) is 24.7. The summed E-state index contributed by atoms with van der Waals surface area (Å²) in [6.45, 7) is 25.5. The number of benzene rings is 2. The SMILES string of the molecule is CC(C)(C)c1cc(CCC(=O)OCCOCCOC(=O)CCc2cc(C(C)(C)C)c(O)c(C(C)(C)C)c2)cc(C(C)(C)C)c1O. The maximum absolute atomic E-state index is 12.4. The van der Waals surface area contributed by atoms with Gasteiger partial charge in [0.2, 0.25) is 0 Å². The molecular formula is C38H58O7. The molecule has 0 amide bonds. The van der Waals surface area contributed by atoms with Crippen molar-refractivity contribution >= 4 is 11.9 Å². The number of rotatable bonds is 12. The van der Waals surface area contributed by atoms with E-state index in [-0.39, 0.29) is 72.9 Å². The molecule has 252 valence electrons. The van der Waals surface area contributed by atoms with Gasteiger partial charge in [-0.1, -0.05) is 107 Å². The maximum atomic E-state index is 12.4. The molecule has 0 radical (unpaired) electrons. The molecule has 0 aliphatic carbocycles. The van der Waals surface area contributed by atoms with E-state index >= 15 is 0 Å². The van der Waals surface area contributed by atoms with Crippen LogP contribution in [0, 0.1) is 0 Å². The van der Waals surface area contributed by atoms with Crippen LogP contribution < -0.4 is 0 Å². The fourth-order valence-electron chi connectivity index (χ4n) is 5.13. The van der Waals surface area contributed by atoms with Gasteiger partial charge in [0.15, 0.2) is 0 Å². The molecule has 0 bridgehead atoms. The van der Waals surface area contributed by atoms with Crippen molar-refractivity contribution in [1.29, 1.82) is 0 Å². The van der Waals surface area contributed by atoms with Crippen LogP contribution in [0.25, 0.3) is 0 Å². The summed E-state index contributed by atoms with van der Waals surface area (Å²) < 4.78 is 16.2. The number of phenolic OH excluding ortho intramolecular Hbond substituents is 2. The Balaban J connectivity index is 1.75. The van der Waals surface area contributed by atoms with Crippen LogP contribution in [0.4, 0.5) is 0 Å². The van der Waals surface area contributed by atoms with Gasteiger partial charge in [0.1, 0.15) is 24.7 Å². The van der Waals surface area contributed by atoms with Gasteiger partial charge in [-0.15, -0.1) is 0 Å². The van der Waals surface area contributed by atoms with Gasteiger partial charge in [-0.25, -0.2) is 0 Å². The quantitative estimate of drug-likeness (QED) is 0.182. The van der Waals surface area contributed by atoms with Crippen LogP contribution in [-0.4, -0.2) is 48.6 Å². The van der Waals surface area contributed by atoms with Crippen LogP contribution in [0.1, 0.15) is 129 Å². The van der Waals surface area contributed by atoms with E-state index in [4.69, 9.17) is 14.2 Å². The van der Waals surface area contributed by atoms with E-state index in [0.717, 1.165) is 33.4 Å². The van der Waals surface area contributed by atoms with Gasteiger partial charge >= 0.3 is 11.9 Å². The summed E-state index contributed by atoms with van der Waals surface area (Å²) in [5, 5.41) is 21.8. The molecule has 0 aliphatic rings. The lowest BCUT2D eigenvalue weighted by Gasteiger charge is -2.28. The molecule has 2 rings (SSSR count). The van der Waals surface area contributed by atoms with Crippen molar-refractivity contribution in [3.8, 4) is 11.5 Å². The first kappa shape index (κ1) is 38.1. The third-order valence-corrected chi connectivity index (χ3v) is 7.79. The van der Waals surface area contributed by atoms with Crippen molar-refractivity contribution in [3.05, 3.63) is 57.6 Å². The van der Waals surface area contributed by atoms with Crippen molar-refractivity contribution in [2.75, 3.05) is 26.4 Å². The van der Waals surface area contributed by atoms with Gasteiger partial charge in [0.05, 0.1) is 13.2 Å². The molecule has 2 N–H and O–H groups in total. The van der Waals surface area contributed by atoms with E-state index in [2.05, 4.69) is 83.1 Å². The highest BCUT2D eigenvalue weighted by Crippen LogP contribution is 2.41. The Bertz CT molecular complexity index is 1140.